The molecule has 0 saturated heterocycles. The molecule has 1 aromatic rings. The van der Waals surface area contributed by atoms with Crippen molar-refractivity contribution in [2.24, 2.45) is 17.8 Å². The molecule has 2 aliphatic carbocycles. The van der Waals surface area contributed by atoms with Gasteiger partial charge in [-0.2, -0.15) is 4.39 Å². The Morgan fingerprint density at radius 3 is 2.00 bits per heavy atom. The van der Waals surface area contributed by atoms with Crippen molar-refractivity contribution in [3.05, 3.63) is 29.3 Å². The van der Waals surface area contributed by atoms with E-state index < -0.39 is 17.4 Å². The van der Waals surface area contributed by atoms with Crippen LogP contribution in [-0.4, -0.2) is 5.11 Å². The van der Waals surface area contributed by atoms with E-state index in [2.05, 4.69) is 6.92 Å². The molecule has 2 saturated carbocycles. The number of hydrogen-bond donors (Lipinski definition) is 1. The van der Waals surface area contributed by atoms with Crippen molar-refractivity contribution in [2.45, 2.75) is 70.6 Å². The third-order valence-electron chi connectivity index (χ3n) is 6.44. The number of aromatic hydroxyl groups is 1. The van der Waals surface area contributed by atoms with Crippen molar-refractivity contribution in [3.8, 4) is 5.75 Å². The van der Waals surface area contributed by atoms with Gasteiger partial charge in [0.2, 0.25) is 5.82 Å². The van der Waals surface area contributed by atoms with E-state index in [-0.39, 0.29) is 5.92 Å². The third kappa shape index (κ3) is 3.54. The van der Waals surface area contributed by atoms with Crippen molar-refractivity contribution in [1.82, 2.24) is 0 Å². The maximum Gasteiger partial charge on any atom is 0.200 e. The van der Waals surface area contributed by atoms with Crippen LogP contribution in [0.3, 0.4) is 0 Å². The summed E-state index contributed by atoms with van der Waals surface area (Å²) in [7, 11) is 0. The molecule has 0 spiro atoms. The Labute approximate surface area is 138 Å². The molecule has 0 aliphatic heterocycles. The summed E-state index contributed by atoms with van der Waals surface area (Å²) in [6.45, 7) is 2.29. The molecule has 1 nitrogen and oxygen atoms in total. The highest BCUT2D eigenvalue weighted by molar-refractivity contribution is 5.32. The number of hydrogen-bond acceptors (Lipinski definition) is 1. The van der Waals surface area contributed by atoms with Gasteiger partial charge in [0, 0.05) is 0 Å². The molecule has 0 radical (unpaired) electrons. The minimum Gasteiger partial charge on any atom is -0.505 e. The molecule has 1 N–H and O–H groups in total. The molecule has 2 fully saturated rings. The molecular formula is C20H28F2O. The molecule has 0 unspecified atom stereocenters. The fraction of sp³-hybridized carbons (Fsp3) is 0.700. The van der Waals surface area contributed by atoms with Crippen molar-refractivity contribution >= 4 is 0 Å². The first-order valence-electron chi connectivity index (χ1n) is 9.27. The van der Waals surface area contributed by atoms with Gasteiger partial charge in [0.1, 0.15) is 0 Å². The Morgan fingerprint density at radius 2 is 1.43 bits per heavy atom. The topological polar surface area (TPSA) is 20.2 Å². The van der Waals surface area contributed by atoms with E-state index >= 15 is 0 Å². The zero-order valence-electron chi connectivity index (χ0n) is 14.0. The summed E-state index contributed by atoms with van der Waals surface area (Å²) in [5, 5.41) is 9.26. The van der Waals surface area contributed by atoms with Gasteiger partial charge in [-0.25, -0.2) is 4.39 Å². The van der Waals surface area contributed by atoms with Gasteiger partial charge in [-0.15, -0.1) is 0 Å². The van der Waals surface area contributed by atoms with Crippen LogP contribution >= 0.6 is 0 Å². The molecule has 3 rings (SSSR count). The van der Waals surface area contributed by atoms with E-state index in [0.717, 1.165) is 43.4 Å². The van der Waals surface area contributed by atoms with Gasteiger partial charge in [0.05, 0.1) is 0 Å². The monoisotopic (exact) mass is 322 g/mol. The quantitative estimate of drug-likeness (QED) is 0.706. The highest BCUT2D eigenvalue weighted by atomic mass is 19.2. The molecule has 128 valence electrons. The highest BCUT2D eigenvalue weighted by Gasteiger charge is 2.32. The average molecular weight is 322 g/mol. The Hall–Kier alpha value is -1.12. The van der Waals surface area contributed by atoms with Crippen molar-refractivity contribution in [3.63, 3.8) is 0 Å². The average Bonchev–Trinajstić information content (AvgIpc) is 2.60. The first kappa shape index (κ1) is 16.7. The minimum absolute atomic E-state index is 0.105. The van der Waals surface area contributed by atoms with Crippen LogP contribution in [0, 0.1) is 29.4 Å². The van der Waals surface area contributed by atoms with Crippen molar-refractivity contribution in [1.29, 1.82) is 0 Å². The summed E-state index contributed by atoms with van der Waals surface area (Å²) in [6.07, 6.45) is 10.9. The summed E-state index contributed by atoms with van der Waals surface area (Å²) in [4.78, 5) is 0. The lowest BCUT2D eigenvalue weighted by molar-refractivity contribution is 0.158. The van der Waals surface area contributed by atoms with Crippen LogP contribution in [0.4, 0.5) is 8.78 Å². The van der Waals surface area contributed by atoms with Gasteiger partial charge in [-0.3, -0.25) is 0 Å². The lowest BCUT2D eigenvalue weighted by atomic mass is 9.68. The van der Waals surface area contributed by atoms with Gasteiger partial charge in [-0.1, -0.05) is 32.3 Å². The summed E-state index contributed by atoms with van der Waals surface area (Å²) in [5.41, 5.74) is 0.452. The van der Waals surface area contributed by atoms with Crippen molar-refractivity contribution in [2.75, 3.05) is 0 Å². The van der Waals surface area contributed by atoms with Crippen LogP contribution in [-0.2, 0) is 0 Å². The van der Waals surface area contributed by atoms with E-state index in [1.165, 1.54) is 38.2 Å². The molecular weight excluding hydrogens is 294 g/mol. The van der Waals surface area contributed by atoms with E-state index in [4.69, 9.17) is 0 Å². The van der Waals surface area contributed by atoms with E-state index in [1.807, 2.05) is 0 Å². The number of phenols is 1. The first-order chi connectivity index (χ1) is 11.1. The summed E-state index contributed by atoms with van der Waals surface area (Å²) < 4.78 is 27.6. The standard InChI is InChI=1S/C20H28F2O/c1-2-13-3-5-14(6-4-13)15-7-9-16(10-8-15)17-11-12-18(23)20(22)19(17)21/h11-16,23H,2-10H2,1H3. The van der Waals surface area contributed by atoms with Gasteiger partial charge in [-0.05, 0) is 73.8 Å². The normalized spacial score (nSPS) is 32.0. The van der Waals surface area contributed by atoms with Crippen LogP contribution in [0.1, 0.15) is 76.2 Å². The lowest BCUT2D eigenvalue weighted by Gasteiger charge is -2.38. The van der Waals surface area contributed by atoms with Gasteiger partial charge in [0.15, 0.2) is 11.6 Å². The number of rotatable bonds is 3. The van der Waals surface area contributed by atoms with Crippen LogP contribution in [0.15, 0.2) is 12.1 Å². The zero-order valence-corrected chi connectivity index (χ0v) is 14.0. The lowest BCUT2D eigenvalue weighted by Crippen LogP contribution is -2.25. The second-order valence-corrected chi connectivity index (χ2v) is 7.60. The molecule has 0 bridgehead atoms. The Bertz CT molecular complexity index is 527. The van der Waals surface area contributed by atoms with Crippen LogP contribution in [0.5, 0.6) is 5.75 Å². The molecule has 0 amide bonds. The number of phenolic OH excluding ortho intramolecular Hbond substituents is 1. The van der Waals surface area contributed by atoms with Gasteiger partial charge >= 0.3 is 0 Å². The fourth-order valence-corrected chi connectivity index (χ4v) is 4.84. The van der Waals surface area contributed by atoms with Gasteiger partial charge in [0.25, 0.3) is 0 Å². The van der Waals surface area contributed by atoms with E-state index in [9.17, 15) is 13.9 Å². The predicted molar refractivity (Wildman–Crippen MR) is 88.5 cm³/mol. The SMILES string of the molecule is CCC1CCC(C2CCC(c3ccc(O)c(F)c3F)CC2)CC1. The Balaban J connectivity index is 1.58. The maximum atomic E-state index is 14.0. The predicted octanol–water partition coefficient (Wildman–Crippen LogP) is 6.16. The van der Waals surface area contributed by atoms with Crippen molar-refractivity contribution < 1.29 is 13.9 Å². The molecule has 0 atom stereocenters. The van der Waals surface area contributed by atoms with E-state index in [1.54, 1.807) is 6.07 Å². The smallest absolute Gasteiger partial charge is 0.200 e. The van der Waals surface area contributed by atoms with Crippen LogP contribution < -0.4 is 0 Å². The van der Waals surface area contributed by atoms with E-state index in [0.29, 0.717) is 5.56 Å². The second kappa shape index (κ2) is 7.19. The maximum absolute atomic E-state index is 14.0. The zero-order chi connectivity index (χ0) is 16.4. The second-order valence-electron chi connectivity index (χ2n) is 7.60. The largest absolute Gasteiger partial charge is 0.505 e. The Morgan fingerprint density at radius 1 is 0.870 bits per heavy atom. The first-order valence-corrected chi connectivity index (χ1v) is 9.27. The summed E-state index contributed by atoms with van der Waals surface area (Å²) in [6, 6.07) is 2.84. The molecule has 3 heteroatoms. The van der Waals surface area contributed by atoms with Crippen LogP contribution in [0.25, 0.3) is 0 Å². The summed E-state index contributed by atoms with van der Waals surface area (Å²) >= 11 is 0. The molecule has 0 aromatic heterocycles. The van der Waals surface area contributed by atoms with Gasteiger partial charge < -0.3 is 5.11 Å². The Kier molecular flexibility index (Phi) is 5.23. The summed E-state index contributed by atoms with van der Waals surface area (Å²) in [5.74, 6) is 0.117. The molecule has 1 aromatic carbocycles. The van der Waals surface area contributed by atoms with Crippen LogP contribution in [0.2, 0.25) is 0 Å². The number of benzene rings is 1. The molecule has 0 heterocycles. The minimum atomic E-state index is -1.09. The molecule has 2 aliphatic rings. The fourth-order valence-electron chi connectivity index (χ4n) is 4.84. The molecule has 23 heavy (non-hydrogen) atoms. The highest BCUT2D eigenvalue weighted by Crippen LogP contribution is 2.45. The third-order valence-corrected chi connectivity index (χ3v) is 6.44. The number of halogens is 2.